The maximum Gasteiger partial charge on any atom is 0.416 e. The molecule has 1 unspecified atom stereocenters. The van der Waals surface area contributed by atoms with Gasteiger partial charge in [0.2, 0.25) is 21.8 Å². The van der Waals surface area contributed by atoms with Crippen molar-refractivity contribution < 1.29 is 31.2 Å². The standard InChI is InChI=1S/C30H34F3N3O4S/c1-21(2)34-29(38)27(17-23-9-6-5-7-10-23)35(19-24-15-13-22(3)14-16-24)28(37)20-36(41(4,39)40)26-12-8-11-25(18-26)30(31,32)33/h5-16,18,21,27H,17,19-20H2,1-4H3,(H,34,38). The molecule has 0 radical (unpaired) electrons. The second kappa shape index (κ2) is 13.2. The van der Waals surface area contributed by atoms with Crippen LogP contribution in [0.3, 0.4) is 0 Å². The summed E-state index contributed by atoms with van der Waals surface area (Å²) in [4.78, 5) is 28.8. The molecule has 0 bridgehead atoms. The fourth-order valence-electron chi connectivity index (χ4n) is 4.28. The lowest BCUT2D eigenvalue weighted by molar-refractivity contribution is -0.140. The number of hydrogen-bond acceptors (Lipinski definition) is 4. The van der Waals surface area contributed by atoms with Crippen molar-refractivity contribution in [3.05, 3.63) is 101 Å². The molecule has 1 atom stereocenters. The van der Waals surface area contributed by atoms with Crippen LogP contribution in [0, 0.1) is 6.92 Å². The normalized spacial score (nSPS) is 12.6. The van der Waals surface area contributed by atoms with Crippen molar-refractivity contribution in [1.82, 2.24) is 10.2 Å². The van der Waals surface area contributed by atoms with Crippen LogP contribution in [0.2, 0.25) is 0 Å². The van der Waals surface area contributed by atoms with Crippen LogP contribution in [0.4, 0.5) is 18.9 Å². The topological polar surface area (TPSA) is 86.8 Å². The van der Waals surface area contributed by atoms with Gasteiger partial charge in [0.1, 0.15) is 12.6 Å². The molecule has 0 saturated carbocycles. The zero-order valence-corrected chi connectivity index (χ0v) is 24.2. The molecule has 1 N–H and O–H groups in total. The average Bonchev–Trinajstić information content (AvgIpc) is 2.89. The van der Waals surface area contributed by atoms with Gasteiger partial charge in [0, 0.05) is 19.0 Å². The third-order valence-corrected chi connectivity index (χ3v) is 7.46. The minimum atomic E-state index is -4.71. The number of amides is 2. The Hall–Kier alpha value is -3.86. The van der Waals surface area contributed by atoms with Gasteiger partial charge in [-0.25, -0.2) is 8.42 Å². The minimum absolute atomic E-state index is 0.0255. The van der Waals surface area contributed by atoms with Gasteiger partial charge in [-0.15, -0.1) is 0 Å². The van der Waals surface area contributed by atoms with E-state index in [1.165, 1.54) is 11.0 Å². The van der Waals surface area contributed by atoms with Gasteiger partial charge in [0.25, 0.3) is 0 Å². The van der Waals surface area contributed by atoms with Gasteiger partial charge in [-0.2, -0.15) is 13.2 Å². The van der Waals surface area contributed by atoms with E-state index >= 15 is 0 Å². The van der Waals surface area contributed by atoms with Crippen molar-refractivity contribution in [3.8, 4) is 0 Å². The number of carbonyl (C=O) groups is 2. The highest BCUT2D eigenvalue weighted by molar-refractivity contribution is 7.92. The molecule has 0 saturated heterocycles. The number of anilines is 1. The summed E-state index contributed by atoms with van der Waals surface area (Å²) in [5.74, 6) is -1.18. The van der Waals surface area contributed by atoms with Crippen LogP contribution in [0.25, 0.3) is 0 Å². The molecule has 0 aliphatic rings. The van der Waals surface area contributed by atoms with Crippen molar-refractivity contribution >= 4 is 27.5 Å². The van der Waals surface area contributed by atoms with Crippen LogP contribution >= 0.6 is 0 Å². The van der Waals surface area contributed by atoms with Gasteiger partial charge in [0.05, 0.1) is 17.5 Å². The fraction of sp³-hybridized carbons (Fsp3) is 0.333. The van der Waals surface area contributed by atoms with E-state index in [4.69, 9.17) is 0 Å². The summed E-state index contributed by atoms with van der Waals surface area (Å²) in [6.07, 6.45) is -3.76. The number of alkyl halides is 3. The van der Waals surface area contributed by atoms with Crippen LogP contribution in [-0.4, -0.2) is 50.0 Å². The minimum Gasteiger partial charge on any atom is -0.352 e. The summed E-state index contributed by atoms with van der Waals surface area (Å²) in [7, 11) is -4.19. The van der Waals surface area contributed by atoms with Gasteiger partial charge in [-0.05, 0) is 50.1 Å². The number of aryl methyl sites for hydroxylation is 1. The summed E-state index contributed by atoms with van der Waals surface area (Å²) >= 11 is 0. The maximum atomic E-state index is 14.0. The fourth-order valence-corrected chi connectivity index (χ4v) is 5.12. The van der Waals surface area contributed by atoms with E-state index in [2.05, 4.69) is 5.32 Å². The molecule has 0 aromatic heterocycles. The molecule has 0 spiro atoms. The first-order chi connectivity index (χ1) is 19.1. The Morgan fingerprint density at radius 3 is 2.10 bits per heavy atom. The molecule has 41 heavy (non-hydrogen) atoms. The summed E-state index contributed by atoms with van der Waals surface area (Å²) in [5.41, 5.74) is 1.10. The number of rotatable bonds is 11. The number of sulfonamides is 1. The predicted octanol–water partition coefficient (Wildman–Crippen LogP) is 4.94. The SMILES string of the molecule is Cc1ccc(CN(C(=O)CN(c2cccc(C(F)(F)F)c2)S(C)(=O)=O)C(Cc2ccccc2)C(=O)NC(C)C)cc1. The molecule has 11 heteroatoms. The second-order valence-electron chi connectivity index (χ2n) is 10.2. The van der Waals surface area contributed by atoms with E-state index in [1.807, 2.05) is 37.3 Å². The van der Waals surface area contributed by atoms with Gasteiger partial charge in [-0.3, -0.25) is 13.9 Å². The number of halogens is 3. The molecule has 0 fully saturated rings. The Balaban J connectivity index is 2.07. The van der Waals surface area contributed by atoms with Crippen molar-refractivity contribution in [1.29, 1.82) is 0 Å². The number of hydrogen-bond donors (Lipinski definition) is 1. The Morgan fingerprint density at radius 1 is 0.902 bits per heavy atom. The Labute approximate surface area is 239 Å². The average molecular weight is 590 g/mol. The highest BCUT2D eigenvalue weighted by atomic mass is 32.2. The molecule has 3 aromatic rings. The van der Waals surface area contributed by atoms with Gasteiger partial charge >= 0.3 is 6.18 Å². The van der Waals surface area contributed by atoms with E-state index in [1.54, 1.807) is 38.1 Å². The Morgan fingerprint density at radius 2 is 1.54 bits per heavy atom. The quantitative estimate of drug-likeness (QED) is 0.343. The summed E-state index contributed by atoms with van der Waals surface area (Å²) in [6, 6.07) is 18.9. The highest BCUT2D eigenvalue weighted by Crippen LogP contribution is 2.32. The monoisotopic (exact) mass is 589 g/mol. The molecular weight excluding hydrogens is 555 g/mol. The van der Waals surface area contributed by atoms with E-state index in [0.29, 0.717) is 15.9 Å². The first-order valence-corrected chi connectivity index (χ1v) is 14.8. The van der Waals surface area contributed by atoms with Crippen LogP contribution < -0.4 is 9.62 Å². The lowest BCUT2D eigenvalue weighted by atomic mass is 10.0. The van der Waals surface area contributed by atoms with Crippen LogP contribution in [0.1, 0.15) is 36.1 Å². The third kappa shape index (κ3) is 9.07. The first kappa shape index (κ1) is 31.7. The van der Waals surface area contributed by atoms with E-state index in [0.717, 1.165) is 29.5 Å². The Kier molecular flexibility index (Phi) is 10.2. The molecule has 0 aliphatic heterocycles. The van der Waals surface area contributed by atoms with Crippen LogP contribution in [-0.2, 0) is 38.8 Å². The second-order valence-corrected chi connectivity index (χ2v) is 12.1. The smallest absolute Gasteiger partial charge is 0.352 e. The van der Waals surface area contributed by atoms with Crippen molar-refractivity contribution in [2.75, 3.05) is 17.1 Å². The third-order valence-electron chi connectivity index (χ3n) is 6.32. The van der Waals surface area contributed by atoms with Crippen molar-refractivity contribution in [2.45, 2.75) is 52.0 Å². The molecule has 0 heterocycles. The van der Waals surface area contributed by atoms with E-state index in [-0.39, 0.29) is 24.7 Å². The lowest BCUT2D eigenvalue weighted by Crippen LogP contribution is -2.54. The zero-order chi connectivity index (χ0) is 30.4. The summed E-state index contributed by atoms with van der Waals surface area (Å²) in [5, 5.41) is 2.84. The molecule has 0 aliphatic carbocycles. The van der Waals surface area contributed by atoms with Crippen LogP contribution in [0.15, 0.2) is 78.9 Å². The molecule has 220 valence electrons. The predicted molar refractivity (Wildman–Crippen MR) is 153 cm³/mol. The van der Waals surface area contributed by atoms with E-state index in [9.17, 15) is 31.2 Å². The number of nitrogens with zero attached hydrogens (tertiary/aromatic N) is 2. The van der Waals surface area contributed by atoms with Gasteiger partial charge < -0.3 is 10.2 Å². The molecule has 7 nitrogen and oxygen atoms in total. The Bertz CT molecular complexity index is 1440. The zero-order valence-electron chi connectivity index (χ0n) is 23.4. The molecular formula is C30H34F3N3O4S. The number of carbonyl (C=O) groups excluding carboxylic acids is 2. The van der Waals surface area contributed by atoms with E-state index < -0.39 is 46.2 Å². The first-order valence-electron chi connectivity index (χ1n) is 13.0. The maximum absolute atomic E-state index is 14.0. The van der Waals surface area contributed by atoms with Gasteiger partial charge in [0.15, 0.2) is 0 Å². The molecule has 2 amide bonds. The van der Waals surface area contributed by atoms with Gasteiger partial charge in [-0.1, -0.05) is 66.2 Å². The number of nitrogens with one attached hydrogen (secondary N) is 1. The highest BCUT2D eigenvalue weighted by Gasteiger charge is 2.35. The lowest BCUT2D eigenvalue weighted by Gasteiger charge is -2.34. The summed E-state index contributed by atoms with van der Waals surface area (Å²) in [6.45, 7) is 4.64. The largest absolute Gasteiger partial charge is 0.416 e. The van der Waals surface area contributed by atoms with Crippen molar-refractivity contribution in [3.63, 3.8) is 0 Å². The molecule has 3 rings (SSSR count). The van der Waals surface area contributed by atoms with Crippen LogP contribution in [0.5, 0.6) is 0 Å². The summed E-state index contributed by atoms with van der Waals surface area (Å²) < 4.78 is 66.4. The van der Waals surface area contributed by atoms with Crippen molar-refractivity contribution in [2.24, 2.45) is 0 Å². The number of benzene rings is 3. The molecule has 3 aromatic carbocycles.